The average Bonchev–Trinajstić information content (AvgIpc) is 3.82. The number of ether oxygens (including phenoxy) is 2. The average molecular weight is 774 g/mol. The Balaban J connectivity index is 1.68. The number of hydrogen-bond donors (Lipinski definition) is 1. The van der Waals surface area contributed by atoms with E-state index in [1.807, 2.05) is 4.57 Å². The molecule has 5 unspecified atom stereocenters. The molecule has 0 bridgehead atoms. The Morgan fingerprint density at radius 1 is 0.904 bits per heavy atom. The van der Waals surface area contributed by atoms with Crippen LogP contribution in [0.3, 0.4) is 0 Å². The molecule has 0 aromatic carbocycles. The molecule has 52 heavy (non-hydrogen) atoms. The van der Waals surface area contributed by atoms with Gasteiger partial charge in [-0.2, -0.15) is 15.1 Å². The van der Waals surface area contributed by atoms with Crippen molar-refractivity contribution in [1.29, 1.82) is 0 Å². The maximum Gasteiger partial charge on any atom is 0.254 e. The second kappa shape index (κ2) is 14.4. The molecule has 5 rings (SSSR count). The second-order valence-electron chi connectivity index (χ2n) is 19.1. The van der Waals surface area contributed by atoms with Crippen LogP contribution >= 0.6 is 0 Å². The lowest BCUT2D eigenvalue weighted by Gasteiger charge is -2.44. The minimum atomic E-state index is -2.39. The van der Waals surface area contributed by atoms with Crippen LogP contribution in [-0.2, 0) is 22.8 Å². The van der Waals surface area contributed by atoms with E-state index in [-0.39, 0.29) is 21.2 Å². The zero-order valence-corrected chi connectivity index (χ0v) is 37.2. The predicted molar refractivity (Wildman–Crippen MR) is 212 cm³/mol. The third kappa shape index (κ3) is 8.33. The Kier molecular flexibility index (Phi) is 11.3. The van der Waals surface area contributed by atoms with Gasteiger partial charge in [-0.3, -0.25) is 9.36 Å². The van der Waals surface area contributed by atoms with E-state index in [1.54, 1.807) is 12.5 Å². The molecule has 2 saturated heterocycles. The molecule has 13 nitrogen and oxygen atoms in total. The first-order valence-corrected chi connectivity index (χ1v) is 27.3. The summed E-state index contributed by atoms with van der Waals surface area (Å²) >= 11 is 0. The van der Waals surface area contributed by atoms with Gasteiger partial charge >= 0.3 is 0 Å². The number of aldehydes is 1. The highest BCUT2D eigenvalue weighted by atomic mass is 28.4. The summed E-state index contributed by atoms with van der Waals surface area (Å²) in [5.41, 5.74) is 1.57. The molecule has 2 aliphatic heterocycles. The summed E-state index contributed by atoms with van der Waals surface area (Å²) < 4.78 is 37.9. The number of anilines is 1. The Hall–Kier alpha value is -2.32. The fourth-order valence-electron chi connectivity index (χ4n) is 5.52. The number of fused-ring (bicyclic) bond motifs is 1. The van der Waals surface area contributed by atoms with Crippen molar-refractivity contribution < 1.29 is 27.5 Å². The Bertz CT molecular complexity index is 1720. The summed E-state index contributed by atoms with van der Waals surface area (Å²) in [6.45, 7) is 35.5. The van der Waals surface area contributed by atoms with Crippen molar-refractivity contribution in [1.82, 2.24) is 29.3 Å². The summed E-state index contributed by atoms with van der Waals surface area (Å²) in [4.78, 5) is 26.3. The maximum absolute atomic E-state index is 11.6. The van der Waals surface area contributed by atoms with Crippen LogP contribution in [0.1, 0.15) is 85.3 Å². The molecule has 3 aromatic rings. The van der Waals surface area contributed by atoms with Crippen LogP contribution < -0.4 is 5.32 Å². The van der Waals surface area contributed by atoms with E-state index in [0.717, 1.165) is 12.7 Å². The van der Waals surface area contributed by atoms with Crippen LogP contribution in [0.4, 0.5) is 5.82 Å². The lowest BCUT2D eigenvalue weighted by molar-refractivity contribution is -0.0470. The van der Waals surface area contributed by atoms with Gasteiger partial charge in [0.2, 0.25) is 0 Å². The fraction of sp³-hybridized carbons (Fsp3) is 0.750. The summed E-state index contributed by atoms with van der Waals surface area (Å²) in [5.74, 6) is 0.861. The lowest BCUT2D eigenvalue weighted by atomic mass is 10.1. The third-order valence-electron chi connectivity index (χ3n) is 12.1. The van der Waals surface area contributed by atoms with Crippen LogP contribution in [0.2, 0.25) is 54.4 Å². The molecular weight excluding hydrogens is 711 g/mol. The van der Waals surface area contributed by atoms with Crippen LogP contribution in [0, 0.1) is 0 Å². The number of hydrogen-bond acceptors (Lipinski definition) is 11. The van der Waals surface area contributed by atoms with E-state index in [2.05, 4.69) is 112 Å². The van der Waals surface area contributed by atoms with Crippen molar-refractivity contribution >= 4 is 48.2 Å². The van der Waals surface area contributed by atoms with Gasteiger partial charge in [0.05, 0.1) is 37.3 Å². The summed E-state index contributed by atoms with van der Waals surface area (Å²) in [6.07, 6.45) is 4.56. The third-order valence-corrected chi connectivity index (χ3v) is 25.5. The van der Waals surface area contributed by atoms with Gasteiger partial charge in [-0.25, -0.2) is 9.67 Å². The smallest absolute Gasteiger partial charge is 0.254 e. The number of nitrogens with one attached hydrogen (secondary N) is 1. The number of rotatable bonds is 12. The van der Waals surface area contributed by atoms with Gasteiger partial charge in [-0.15, -0.1) is 0 Å². The zero-order valence-electron chi connectivity index (χ0n) is 34.2. The number of carbonyl (C=O) groups excluding carboxylic acids is 1. The van der Waals surface area contributed by atoms with Gasteiger partial charge in [0, 0.05) is 12.8 Å². The molecule has 2 fully saturated rings. The molecule has 1 N–H and O–H groups in total. The van der Waals surface area contributed by atoms with Crippen molar-refractivity contribution in [3.63, 3.8) is 0 Å². The SMILES string of the molecule is CC(C)(C)[Si](C)(C)OCC1OC(n2cnc3c(NC4CCOC4)nc(-n4cc(C=O)cn4)nc32)C(O[Si](C)(C)C(C)(C)C)C1O[Si](C)(C)C(C)(C)C. The monoisotopic (exact) mass is 773 g/mol. The lowest BCUT2D eigenvalue weighted by Crippen LogP contribution is -2.54. The van der Waals surface area contributed by atoms with Crippen molar-refractivity contribution in [2.45, 2.75) is 154 Å². The predicted octanol–water partition coefficient (Wildman–Crippen LogP) is 7.73. The van der Waals surface area contributed by atoms with Crippen molar-refractivity contribution in [2.75, 3.05) is 25.1 Å². The first-order chi connectivity index (χ1) is 23.8. The maximum atomic E-state index is 11.6. The van der Waals surface area contributed by atoms with Gasteiger partial charge in [0.15, 0.2) is 54.4 Å². The molecule has 0 amide bonds. The molecule has 0 saturated carbocycles. The minimum absolute atomic E-state index is 0.0235. The van der Waals surface area contributed by atoms with E-state index < -0.39 is 49.5 Å². The van der Waals surface area contributed by atoms with E-state index >= 15 is 0 Å². The number of aromatic nitrogens is 6. The summed E-state index contributed by atoms with van der Waals surface area (Å²) in [5, 5.41) is 7.84. The van der Waals surface area contributed by atoms with E-state index in [9.17, 15) is 4.79 Å². The standard InChI is InChI=1S/C36H63N7O6Si3/c1-34(2,3)50(10,11)46-22-26-28(48-51(12,13)35(4,5)6)29(49-52(14,15)36(7,8)9)32(47-26)42-23-37-27-30(39-25-16-17-45-21-25)40-33(41-31(27)42)43-19-24(20-44)18-38-43/h18-20,23,25-26,28-29,32H,16-17,21-22H2,1-15H3,(H,39,40,41). The molecule has 5 heterocycles. The first-order valence-electron chi connectivity index (χ1n) is 18.6. The quantitative estimate of drug-likeness (QED) is 0.143. The highest BCUT2D eigenvalue weighted by Crippen LogP contribution is 2.47. The van der Waals surface area contributed by atoms with Crippen molar-refractivity contribution in [3.8, 4) is 5.95 Å². The molecule has 0 spiro atoms. The second-order valence-corrected chi connectivity index (χ2v) is 33.4. The van der Waals surface area contributed by atoms with Crippen LogP contribution in [0.25, 0.3) is 17.1 Å². The van der Waals surface area contributed by atoms with Crippen LogP contribution in [0.15, 0.2) is 18.7 Å². The topological polar surface area (TPSA) is 137 Å². The van der Waals surface area contributed by atoms with E-state index in [0.29, 0.717) is 48.3 Å². The van der Waals surface area contributed by atoms with Gasteiger partial charge in [-0.05, 0) is 60.8 Å². The van der Waals surface area contributed by atoms with Gasteiger partial charge in [0.25, 0.3) is 5.95 Å². The van der Waals surface area contributed by atoms with Crippen LogP contribution in [-0.4, -0.2) is 105 Å². The largest absolute Gasteiger partial charge is 0.414 e. The fourth-order valence-corrected chi connectivity index (χ4v) is 9.14. The molecule has 0 radical (unpaired) electrons. The first kappa shape index (κ1) is 40.9. The molecule has 2 aliphatic rings. The zero-order chi connectivity index (χ0) is 38.7. The van der Waals surface area contributed by atoms with Crippen LogP contribution in [0.5, 0.6) is 0 Å². The van der Waals surface area contributed by atoms with E-state index in [4.69, 9.17) is 37.7 Å². The molecule has 0 aliphatic carbocycles. The minimum Gasteiger partial charge on any atom is -0.414 e. The Morgan fingerprint density at radius 2 is 1.52 bits per heavy atom. The van der Waals surface area contributed by atoms with E-state index in [1.165, 1.54) is 10.9 Å². The highest BCUT2D eigenvalue weighted by molar-refractivity contribution is 6.75. The number of imidazole rings is 1. The summed E-state index contributed by atoms with van der Waals surface area (Å²) in [6, 6.07) is 0.0656. The Morgan fingerprint density at radius 3 is 2.06 bits per heavy atom. The van der Waals surface area contributed by atoms with Crippen molar-refractivity contribution in [3.05, 3.63) is 24.3 Å². The molecular formula is C36H63N7O6Si3. The van der Waals surface area contributed by atoms with Gasteiger partial charge in [-0.1, -0.05) is 62.3 Å². The molecule has 3 aromatic heterocycles. The molecule has 5 atom stereocenters. The Labute approximate surface area is 313 Å². The molecule has 290 valence electrons. The number of carbonyl (C=O) groups is 1. The van der Waals surface area contributed by atoms with Gasteiger partial charge in [0.1, 0.15) is 18.3 Å². The van der Waals surface area contributed by atoms with Crippen molar-refractivity contribution in [2.24, 2.45) is 0 Å². The molecule has 16 heteroatoms. The summed E-state index contributed by atoms with van der Waals surface area (Å²) in [7, 11) is -6.88. The highest BCUT2D eigenvalue weighted by Gasteiger charge is 2.55. The van der Waals surface area contributed by atoms with Gasteiger partial charge < -0.3 is 28.1 Å². The number of nitrogens with zero attached hydrogens (tertiary/aromatic N) is 6. The normalized spacial score (nSPS) is 23.9.